The predicted molar refractivity (Wildman–Crippen MR) is 44.7 cm³/mol. The van der Waals surface area contributed by atoms with E-state index >= 15 is 0 Å². The third-order valence-corrected chi connectivity index (χ3v) is 1.71. The molecule has 0 saturated carbocycles. The van der Waals surface area contributed by atoms with Crippen LogP contribution in [0.4, 0.5) is 30.7 Å². The summed E-state index contributed by atoms with van der Waals surface area (Å²) in [7, 11) is 0. The van der Waals surface area contributed by atoms with Crippen molar-refractivity contribution in [1.29, 1.82) is 0 Å². The minimum atomic E-state index is -6.35. The van der Waals surface area contributed by atoms with Gasteiger partial charge in [-0.25, -0.2) is 0 Å². The first-order chi connectivity index (χ1) is 8.06. The zero-order chi connectivity index (χ0) is 14.4. The highest BCUT2D eigenvalue weighted by molar-refractivity contribution is 4.90. The molecular weight excluding hydrogens is 277 g/mol. The van der Waals surface area contributed by atoms with E-state index in [0.717, 1.165) is 0 Å². The highest BCUT2D eigenvalue weighted by Crippen LogP contribution is 2.46. The van der Waals surface area contributed by atoms with Crippen molar-refractivity contribution >= 4 is 0 Å². The first kappa shape index (κ1) is 17.4. The number of alkyl halides is 7. The maximum Gasteiger partial charge on any atom is 0.459 e. The van der Waals surface area contributed by atoms with Gasteiger partial charge in [-0.2, -0.15) is 30.7 Å². The lowest BCUT2D eigenvalue weighted by atomic mass is 10.2. The van der Waals surface area contributed by atoms with Gasteiger partial charge in [0.25, 0.3) is 0 Å². The van der Waals surface area contributed by atoms with Crippen LogP contribution in [-0.2, 0) is 9.47 Å². The van der Waals surface area contributed by atoms with Crippen LogP contribution in [0.15, 0.2) is 0 Å². The summed E-state index contributed by atoms with van der Waals surface area (Å²) in [6, 6.07) is 0. The van der Waals surface area contributed by atoms with Crippen molar-refractivity contribution in [1.82, 2.24) is 0 Å². The molecule has 0 bridgehead atoms. The molecule has 110 valence electrons. The van der Waals surface area contributed by atoms with E-state index < -0.39 is 31.2 Å². The molecule has 0 aromatic rings. The Bertz CT molecular complexity index is 241. The highest BCUT2D eigenvalue weighted by Gasteiger charge is 2.72. The minimum Gasteiger partial charge on any atom is -0.394 e. The van der Waals surface area contributed by atoms with Crippen molar-refractivity contribution in [2.75, 3.05) is 33.0 Å². The summed E-state index contributed by atoms with van der Waals surface area (Å²) in [4.78, 5) is 0. The Morgan fingerprint density at radius 2 is 1.28 bits per heavy atom. The van der Waals surface area contributed by atoms with E-state index in [2.05, 4.69) is 9.47 Å². The third-order valence-electron chi connectivity index (χ3n) is 1.71. The second-order valence-corrected chi connectivity index (χ2v) is 3.17. The Labute approximate surface area is 97.5 Å². The zero-order valence-corrected chi connectivity index (χ0v) is 8.94. The van der Waals surface area contributed by atoms with Gasteiger partial charge in [0.1, 0.15) is 6.61 Å². The monoisotopic (exact) mass is 288 g/mol. The first-order valence-electron chi connectivity index (χ1n) is 4.65. The number of aliphatic hydroxyl groups is 1. The summed E-state index contributed by atoms with van der Waals surface area (Å²) in [5.74, 6) is -11.5. The molecule has 0 unspecified atom stereocenters. The van der Waals surface area contributed by atoms with Gasteiger partial charge in [-0.3, -0.25) is 0 Å². The van der Waals surface area contributed by atoms with Crippen molar-refractivity contribution in [2.24, 2.45) is 0 Å². The second-order valence-electron chi connectivity index (χ2n) is 3.17. The summed E-state index contributed by atoms with van der Waals surface area (Å²) in [6.45, 7) is -3.46. The fourth-order valence-corrected chi connectivity index (χ4v) is 0.783. The molecule has 10 heteroatoms. The Morgan fingerprint density at radius 1 is 0.778 bits per heavy atom. The number of aliphatic hydroxyl groups excluding tert-OH is 1. The van der Waals surface area contributed by atoms with E-state index in [0.29, 0.717) is 0 Å². The first-order valence-corrected chi connectivity index (χ1v) is 4.65. The van der Waals surface area contributed by atoms with E-state index in [9.17, 15) is 30.7 Å². The number of hydrogen-bond donors (Lipinski definition) is 1. The van der Waals surface area contributed by atoms with Crippen molar-refractivity contribution in [3.63, 3.8) is 0 Å². The van der Waals surface area contributed by atoms with Crippen molar-refractivity contribution in [3.05, 3.63) is 0 Å². The van der Waals surface area contributed by atoms with E-state index in [1.54, 1.807) is 0 Å². The molecule has 0 atom stereocenters. The van der Waals surface area contributed by atoms with Gasteiger partial charge in [-0.15, -0.1) is 0 Å². The molecule has 0 spiro atoms. The lowest BCUT2D eigenvalue weighted by molar-refractivity contribution is -0.361. The van der Waals surface area contributed by atoms with E-state index in [-0.39, 0.29) is 19.8 Å². The Balaban J connectivity index is 4.15. The van der Waals surface area contributed by atoms with Gasteiger partial charge in [0.15, 0.2) is 0 Å². The Hall–Kier alpha value is -0.610. The molecule has 0 aliphatic carbocycles. The van der Waals surface area contributed by atoms with Crippen LogP contribution in [0, 0.1) is 0 Å². The number of ether oxygens (including phenoxy) is 2. The van der Waals surface area contributed by atoms with Gasteiger partial charge in [0.05, 0.1) is 26.4 Å². The molecule has 3 nitrogen and oxygen atoms in total. The summed E-state index contributed by atoms with van der Waals surface area (Å²) in [5.41, 5.74) is 0. The topological polar surface area (TPSA) is 38.7 Å². The van der Waals surface area contributed by atoms with Gasteiger partial charge in [-0.1, -0.05) is 0 Å². The van der Waals surface area contributed by atoms with Gasteiger partial charge in [0, 0.05) is 0 Å². The van der Waals surface area contributed by atoms with Gasteiger partial charge >= 0.3 is 18.0 Å². The smallest absolute Gasteiger partial charge is 0.394 e. The summed E-state index contributed by atoms with van der Waals surface area (Å²) < 4.78 is 93.3. The summed E-state index contributed by atoms with van der Waals surface area (Å²) in [6.07, 6.45) is -6.35. The van der Waals surface area contributed by atoms with Crippen LogP contribution in [0.2, 0.25) is 0 Å². The normalized spacial score (nSPS) is 14.0. The summed E-state index contributed by atoms with van der Waals surface area (Å²) >= 11 is 0. The average molecular weight is 288 g/mol. The SMILES string of the molecule is OCCOCCOCC(F)(F)C(F)(F)C(F)(F)F. The van der Waals surface area contributed by atoms with Crippen LogP contribution >= 0.6 is 0 Å². The van der Waals surface area contributed by atoms with E-state index in [1.807, 2.05) is 0 Å². The molecule has 0 aromatic carbocycles. The molecule has 0 saturated heterocycles. The molecule has 0 fully saturated rings. The Morgan fingerprint density at radius 3 is 1.72 bits per heavy atom. The molecular formula is C8H11F7O3. The molecule has 0 heterocycles. The van der Waals surface area contributed by atoms with Crippen LogP contribution in [0.3, 0.4) is 0 Å². The van der Waals surface area contributed by atoms with Crippen molar-refractivity contribution < 1.29 is 45.3 Å². The zero-order valence-electron chi connectivity index (χ0n) is 8.94. The van der Waals surface area contributed by atoms with Gasteiger partial charge in [-0.05, 0) is 0 Å². The van der Waals surface area contributed by atoms with E-state index in [4.69, 9.17) is 5.11 Å². The maximum absolute atomic E-state index is 12.6. The van der Waals surface area contributed by atoms with Crippen molar-refractivity contribution in [2.45, 2.75) is 18.0 Å². The lowest BCUT2D eigenvalue weighted by Crippen LogP contribution is -2.54. The number of halogens is 7. The van der Waals surface area contributed by atoms with Crippen LogP contribution in [0.25, 0.3) is 0 Å². The predicted octanol–water partition coefficient (Wildman–Crippen LogP) is 1.84. The third kappa shape index (κ3) is 4.58. The molecule has 0 radical (unpaired) electrons. The molecule has 0 aliphatic heterocycles. The van der Waals surface area contributed by atoms with Crippen LogP contribution in [-0.4, -0.2) is 56.2 Å². The lowest BCUT2D eigenvalue weighted by Gasteiger charge is -2.27. The second kappa shape index (κ2) is 6.53. The Kier molecular flexibility index (Phi) is 6.30. The fraction of sp³-hybridized carbons (Fsp3) is 1.00. The van der Waals surface area contributed by atoms with Crippen molar-refractivity contribution in [3.8, 4) is 0 Å². The highest BCUT2D eigenvalue weighted by atomic mass is 19.4. The maximum atomic E-state index is 12.6. The number of hydrogen-bond acceptors (Lipinski definition) is 3. The average Bonchev–Trinajstić information content (AvgIpc) is 2.21. The van der Waals surface area contributed by atoms with Gasteiger partial charge in [0.2, 0.25) is 0 Å². The molecule has 18 heavy (non-hydrogen) atoms. The number of rotatable bonds is 8. The standard InChI is InChI=1S/C8H11F7O3/c9-6(10,7(11,12)8(13,14)15)5-18-4-3-17-2-1-16/h16H,1-5H2. The molecule has 0 amide bonds. The van der Waals surface area contributed by atoms with E-state index in [1.165, 1.54) is 0 Å². The largest absolute Gasteiger partial charge is 0.459 e. The molecule has 0 rings (SSSR count). The van der Waals surface area contributed by atoms with Crippen LogP contribution in [0.1, 0.15) is 0 Å². The summed E-state index contributed by atoms with van der Waals surface area (Å²) in [5, 5.41) is 8.24. The minimum absolute atomic E-state index is 0.127. The van der Waals surface area contributed by atoms with Crippen LogP contribution in [0.5, 0.6) is 0 Å². The fourth-order valence-electron chi connectivity index (χ4n) is 0.783. The van der Waals surface area contributed by atoms with Gasteiger partial charge < -0.3 is 14.6 Å². The molecule has 0 aliphatic rings. The quantitative estimate of drug-likeness (QED) is 0.547. The molecule has 1 N–H and O–H groups in total. The molecule has 0 aromatic heterocycles. The van der Waals surface area contributed by atoms with Crippen LogP contribution < -0.4 is 0 Å².